The summed E-state index contributed by atoms with van der Waals surface area (Å²) >= 11 is 0. The molecule has 1 rings (SSSR count). The van der Waals surface area contributed by atoms with E-state index in [0.717, 1.165) is 6.42 Å². The number of nitrogens with one attached hydrogen (secondary N) is 2. The van der Waals surface area contributed by atoms with Crippen molar-refractivity contribution >= 4 is 5.91 Å². The Bertz CT molecular complexity index is 368. The fourth-order valence-electron chi connectivity index (χ4n) is 1.63. The molecule has 0 bridgehead atoms. The molecule has 0 aliphatic rings. The lowest BCUT2D eigenvalue weighted by Gasteiger charge is -2.14. The first-order chi connectivity index (χ1) is 8.15. The minimum absolute atomic E-state index is 0.0327. The van der Waals surface area contributed by atoms with Crippen molar-refractivity contribution < 1.29 is 9.18 Å². The van der Waals surface area contributed by atoms with Crippen LogP contribution in [0.3, 0.4) is 0 Å². The SMILES string of the molecule is CNC(=O)CCCNC(C)c1ccccc1F. The molecule has 1 unspecified atom stereocenters. The first-order valence-corrected chi connectivity index (χ1v) is 5.83. The van der Waals surface area contributed by atoms with Gasteiger partial charge < -0.3 is 10.6 Å². The second-order valence-corrected chi connectivity index (χ2v) is 3.97. The number of rotatable bonds is 6. The Morgan fingerprint density at radius 1 is 1.41 bits per heavy atom. The normalized spacial score (nSPS) is 12.2. The molecule has 0 fully saturated rings. The molecule has 0 saturated heterocycles. The van der Waals surface area contributed by atoms with Gasteiger partial charge in [0, 0.05) is 25.1 Å². The van der Waals surface area contributed by atoms with Gasteiger partial charge in [0.2, 0.25) is 5.91 Å². The lowest BCUT2D eigenvalue weighted by atomic mass is 10.1. The Morgan fingerprint density at radius 2 is 2.12 bits per heavy atom. The van der Waals surface area contributed by atoms with Crippen LogP contribution < -0.4 is 10.6 Å². The van der Waals surface area contributed by atoms with Crippen LogP contribution in [0.2, 0.25) is 0 Å². The van der Waals surface area contributed by atoms with Crippen LogP contribution in [0, 0.1) is 5.82 Å². The maximum Gasteiger partial charge on any atom is 0.219 e. The van der Waals surface area contributed by atoms with E-state index < -0.39 is 0 Å². The van der Waals surface area contributed by atoms with Crippen LogP contribution in [-0.4, -0.2) is 19.5 Å². The van der Waals surface area contributed by atoms with Crippen LogP contribution >= 0.6 is 0 Å². The lowest BCUT2D eigenvalue weighted by Crippen LogP contribution is -2.23. The molecule has 0 saturated carbocycles. The van der Waals surface area contributed by atoms with E-state index in [9.17, 15) is 9.18 Å². The van der Waals surface area contributed by atoms with E-state index in [1.807, 2.05) is 13.0 Å². The molecule has 0 aliphatic carbocycles. The zero-order valence-electron chi connectivity index (χ0n) is 10.3. The van der Waals surface area contributed by atoms with Crippen molar-refractivity contribution in [3.05, 3.63) is 35.6 Å². The number of halogens is 1. The van der Waals surface area contributed by atoms with E-state index in [2.05, 4.69) is 10.6 Å². The van der Waals surface area contributed by atoms with Gasteiger partial charge in [-0.3, -0.25) is 4.79 Å². The summed E-state index contributed by atoms with van der Waals surface area (Å²) in [4.78, 5) is 11.0. The van der Waals surface area contributed by atoms with Gasteiger partial charge in [0.05, 0.1) is 0 Å². The summed E-state index contributed by atoms with van der Waals surface area (Å²) < 4.78 is 13.4. The van der Waals surface area contributed by atoms with Gasteiger partial charge in [-0.05, 0) is 26.0 Å². The Hall–Kier alpha value is -1.42. The predicted molar refractivity (Wildman–Crippen MR) is 66.1 cm³/mol. The van der Waals surface area contributed by atoms with Crippen molar-refractivity contribution in [2.75, 3.05) is 13.6 Å². The Morgan fingerprint density at radius 3 is 2.76 bits per heavy atom. The first-order valence-electron chi connectivity index (χ1n) is 5.83. The van der Waals surface area contributed by atoms with Crippen molar-refractivity contribution in [1.29, 1.82) is 0 Å². The number of amides is 1. The largest absolute Gasteiger partial charge is 0.359 e. The quantitative estimate of drug-likeness (QED) is 0.744. The summed E-state index contributed by atoms with van der Waals surface area (Å²) in [6.45, 7) is 2.61. The Labute approximate surface area is 101 Å². The number of benzene rings is 1. The first kappa shape index (κ1) is 13.6. The summed E-state index contributed by atoms with van der Waals surface area (Å²) in [7, 11) is 1.62. The Balaban J connectivity index is 2.33. The third-order valence-corrected chi connectivity index (χ3v) is 2.68. The molecule has 2 N–H and O–H groups in total. The minimum Gasteiger partial charge on any atom is -0.359 e. The summed E-state index contributed by atoms with van der Waals surface area (Å²) in [5.74, 6) is -0.163. The van der Waals surface area contributed by atoms with Crippen molar-refractivity contribution in [3.8, 4) is 0 Å². The van der Waals surface area contributed by atoms with Gasteiger partial charge in [0.15, 0.2) is 0 Å². The molecule has 1 amide bonds. The maximum absolute atomic E-state index is 13.4. The van der Waals surface area contributed by atoms with Gasteiger partial charge in [0.25, 0.3) is 0 Å². The highest BCUT2D eigenvalue weighted by Gasteiger charge is 2.09. The summed E-state index contributed by atoms with van der Waals surface area (Å²) in [6.07, 6.45) is 1.24. The average Bonchev–Trinajstić information content (AvgIpc) is 2.34. The van der Waals surface area contributed by atoms with Gasteiger partial charge in [-0.1, -0.05) is 18.2 Å². The molecule has 17 heavy (non-hydrogen) atoms. The molecule has 0 spiro atoms. The number of carbonyl (C=O) groups is 1. The van der Waals surface area contributed by atoms with E-state index in [-0.39, 0.29) is 17.8 Å². The molecule has 0 radical (unpaired) electrons. The number of carbonyl (C=O) groups excluding carboxylic acids is 1. The van der Waals surface area contributed by atoms with Crippen LogP contribution in [0.25, 0.3) is 0 Å². The third kappa shape index (κ3) is 4.53. The molecule has 0 aliphatic heterocycles. The van der Waals surface area contributed by atoms with Crippen LogP contribution in [0.1, 0.15) is 31.4 Å². The van der Waals surface area contributed by atoms with E-state index >= 15 is 0 Å². The number of hydrogen-bond donors (Lipinski definition) is 2. The fourth-order valence-corrected chi connectivity index (χ4v) is 1.63. The van der Waals surface area contributed by atoms with Crippen molar-refractivity contribution in [1.82, 2.24) is 10.6 Å². The van der Waals surface area contributed by atoms with E-state index in [1.165, 1.54) is 6.07 Å². The summed E-state index contributed by atoms with van der Waals surface area (Å²) in [5.41, 5.74) is 0.660. The van der Waals surface area contributed by atoms with E-state index in [1.54, 1.807) is 19.2 Å². The second-order valence-electron chi connectivity index (χ2n) is 3.97. The predicted octanol–water partition coefficient (Wildman–Crippen LogP) is 2.00. The zero-order valence-corrected chi connectivity index (χ0v) is 10.3. The topological polar surface area (TPSA) is 41.1 Å². The average molecular weight is 238 g/mol. The molecule has 1 aromatic carbocycles. The monoisotopic (exact) mass is 238 g/mol. The smallest absolute Gasteiger partial charge is 0.219 e. The van der Waals surface area contributed by atoms with E-state index in [0.29, 0.717) is 18.5 Å². The van der Waals surface area contributed by atoms with Crippen LogP contribution in [-0.2, 0) is 4.79 Å². The van der Waals surface area contributed by atoms with Crippen LogP contribution in [0.5, 0.6) is 0 Å². The zero-order chi connectivity index (χ0) is 12.7. The third-order valence-electron chi connectivity index (χ3n) is 2.68. The molecular formula is C13H19FN2O. The molecular weight excluding hydrogens is 219 g/mol. The van der Waals surface area contributed by atoms with Crippen LogP contribution in [0.4, 0.5) is 4.39 Å². The van der Waals surface area contributed by atoms with Crippen LogP contribution in [0.15, 0.2) is 24.3 Å². The summed E-state index contributed by atoms with van der Waals surface area (Å²) in [6, 6.07) is 6.68. The van der Waals surface area contributed by atoms with Crippen molar-refractivity contribution in [2.24, 2.45) is 0 Å². The molecule has 0 aromatic heterocycles. The van der Waals surface area contributed by atoms with Gasteiger partial charge >= 0.3 is 0 Å². The molecule has 1 atom stereocenters. The molecule has 4 heteroatoms. The fraction of sp³-hybridized carbons (Fsp3) is 0.462. The highest BCUT2D eigenvalue weighted by Crippen LogP contribution is 2.15. The van der Waals surface area contributed by atoms with Gasteiger partial charge in [-0.2, -0.15) is 0 Å². The maximum atomic E-state index is 13.4. The molecule has 3 nitrogen and oxygen atoms in total. The Kier molecular flexibility index (Phi) is 5.63. The molecule has 1 aromatic rings. The van der Waals surface area contributed by atoms with Crippen molar-refractivity contribution in [3.63, 3.8) is 0 Å². The number of hydrogen-bond acceptors (Lipinski definition) is 2. The second kappa shape index (κ2) is 7.01. The highest BCUT2D eigenvalue weighted by atomic mass is 19.1. The highest BCUT2D eigenvalue weighted by molar-refractivity contribution is 5.75. The van der Waals surface area contributed by atoms with Gasteiger partial charge in [0.1, 0.15) is 5.82 Å². The lowest BCUT2D eigenvalue weighted by molar-refractivity contribution is -0.120. The standard InChI is InChI=1S/C13H19FN2O/c1-10(11-6-3-4-7-12(11)14)16-9-5-8-13(17)15-2/h3-4,6-7,10,16H,5,8-9H2,1-2H3,(H,15,17). The molecule has 94 valence electrons. The minimum atomic E-state index is -0.196. The van der Waals surface area contributed by atoms with Gasteiger partial charge in [-0.25, -0.2) is 4.39 Å². The molecule has 0 heterocycles. The van der Waals surface area contributed by atoms with E-state index in [4.69, 9.17) is 0 Å². The summed E-state index contributed by atoms with van der Waals surface area (Å²) in [5, 5.41) is 5.77. The van der Waals surface area contributed by atoms with Crippen molar-refractivity contribution in [2.45, 2.75) is 25.8 Å². The van der Waals surface area contributed by atoms with Gasteiger partial charge in [-0.15, -0.1) is 0 Å².